The number of rotatable bonds is 2. The van der Waals surface area contributed by atoms with Gasteiger partial charge in [-0.3, -0.25) is 0 Å². The summed E-state index contributed by atoms with van der Waals surface area (Å²) in [6.45, 7) is 8.29. The van der Waals surface area contributed by atoms with E-state index >= 15 is 0 Å². The van der Waals surface area contributed by atoms with Crippen LogP contribution in [-0.4, -0.2) is 33.3 Å². The molecule has 19 heavy (non-hydrogen) atoms. The first-order chi connectivity index (χ1) is 9.15. The van der Waals surface area contributed by atoms with Gasteiger partial charge in [0, 0.05) is 12.5 Å². The van der Waals surface area contributed by atoms with E-state index in [1.165, 1.54) is 16.7 Å². The zero-order valence-electron chi connectivity index (χ0n) is 11.6. The summed E-state index contributed by atoms with van der Waals surface area (Å²) in [5.74, 6) is 1.25. The molecule has 0 saturated carbocycles. The highest BCUT2D eigenvalue weighted by Gasteiger charge is 2.22. The maximum atomic E-state index is 4.57. The van der Waals surface area contributed by atoms with Gasteiger partial charge in [0.15, 0.2) is 5.82 Å². The summed E-state index contributed by atoms with van der Waals surface area (Å²) >= 11 is 0. The van der Waals surface area contributed by atoms with Gasteiger partial charge in [-0.2, -0.15) is 0 Å². The van der Waals surface area contributed by atoms with E-state index in [0.717, 1.165) is 31.0 Å². The third kappa shape index (κ3) is 2.26. The predicted molar refractivity (Wildman–Crippen MR) is 73.6 cm³/mol. The topological polar surface area (TPSA) is 55.6 Å². The summed E-state index contributed by atoms with van der Waals surface area (Å²) in [5.41, 5.74) is 4.69. The quantitative estimate of drug-likeness (QED) is 0.889. The molecule has 1 aliphatic heterocycles. The fourth-order valence-electron chi connectivity index (χ4n) is 2.85. The second kappa shape index (κ2) is 4.74. The summed E-state index contributed by atoms with van der Waals surface area (Å²) in [4.78, 5) is 1.68. The molecule has 0 aliphatic carbocycles. The fourth-order valence-corrected chi connectivity index (χ4v) is 2.85. The smallest absolute Gasteiger partial charge is 0.179 e. The van der Waals surface area contributed by atoms with Crippen molar-refractivity contribution >= 4 is 0 Å². The van der Waals surface area contributed by atoms with Crippen molar-refractivity contribution in [3.05, 3.63) is 34.6 Å². The molecule has 1 aromatic carbocycles. The first kappa shape index (κ1) is 12.3. The third-order valence-electron chi connectivity index (χ3n) is 3.69. The maximum Gasteiger partial charge on any atom is 0.179 e. The molecule has 2 aromatic rings. The molecule has 0 spiro atoms. The molecule has 0 amide bonds. The third-order valence-corrected chi connectivity index (χ3v) is 3.69. The van der Waals surface area contributed by atoms with Crippen LogP contribution in [0.1, 0.15) is 34.9 Å². The summed E-state index contributed by atoms with van der Waals surface area (Å²) in [7, 11) is 0. The van der Waals surface area contributed by atoms with E-state index in [0.29, 0.717) is 5.92 Å². The van der Waals surface area contributed by atoms with Gasteiger partial charge in [0.1, 0.15) is 0 Å². The van der Waals surface area contributed by atoms with Gasteiger partial charge >= 0.3 is 0 Å². The lowest BCUT2D eigenvalue weighted by atomic mass is 10.1. The van der Waals surface area contributed by atoms with Crippen molar-refractivity contribution in [3.63, 3.8) is 0 Å². The average Bonchev–Trinajstić information content (AvgIpc) is 2.97. The predicted octanol–water partition coefficient (Wildman–Crippen LogP) is 1.66. The Hall–Kier alpha value is -1.75. The zero-order chi connectivity index (χ0) is 13.4. The lowest BCUT2D eigenvalue weighted by molar-refractivity contribution is 0.684. The molecule has 0 bridgehead atoms. The Labute approximate surface area is 113 Å². The lowest BCUT2D eigenvalue weighted by Crippen LogP contribution is -2.09. The Kier molecular flexibility index (Phi) is 3.06. The monoisotopic (exact) mass is 257 g/mol. The van der Waals surface area contributed by atoms with Gasteiger partial charge < -0.3 is 5.32 Å². The van der Waals surface area contributed by atoms with E-state index in [1.807, 2.05) is 0 Å². The van der Waals surface area contributed by atoms with Crippen molar-refractivity contribution in [2.24, 2.45) is 0 Å². The molecule has 1 aromatic heterocycles. The van der Waals surface area contributed by atoms with Crippen LogP contribution >= 0.6 is 0 Å². The van der Waals surface area contributed by atoms with Crippen LogP contribution in [0.2, 0.25) is 0 Å². The summed E-state index contributed by atoms with van der Waals surface area (Å²) < 4.78 is 0. The van der Waals surface area contributed by atoms with Gasteiger partial charge in [0.2, 0.25) is 0 Å². The minimum absolute atomic E-state index is 0.403. The van der Waals surface area contributed by atoms with Crippen LogP contribution in [0, 0.1) is 20.8 Å². The molecular formula is C14H19N5. The van der Waals surface area contributed by atoms with E-state index in [1.54, 1.807) is 4.80 Å². The van der Waals surface area contributed by atoms with Crippen molar-refractivity contribution in [2.75, 3.05) is 13.1 Å². The largest absolute Gasteiger partial charge is 0.316 e. The number of nitrogens with one attached hydrogen (secondary N) is 1. The molecule has 1 N–H and O–H groups in total. The molecule has 2 heterocycles. The van der Waals surface area contributed by atoms with Gasteiger partial charge in [-0.1, -0.05) is 17.7 Å². The summed E-state index contributed by atoms with van der Waals surface area (Å²) in [5, 5.41) is 16.4. The fraction of sp³-hybridized carbons (Fsp3) is 0.500. The van der Waals surface area contributed by atoms with E-state index in [4.69, 9.17) is 0 Å². The molecule has 0 radical (unpaired) electrons. The van der Waals surface area contributed by atoms with E-state index in [2.05, 4.69) is 53.6 Å². The number of aryl methyl sites for hydroxylation is 3. The Bertz CT molecular complexity index is 573. The van der Waals surface area contributed by atoms with Crippen molar-refractivity contribution in [3.8, 4) is 5.69 Å². The number of nitrogens with zero attached hydrogens (tertiary/aromatic N) is 4. The standard InChI is InChI=1S/C14H19N5/c1-9-6-10(2)13(11(3)7-9)19-17-14(16-18-19)12-4-5-15-8-12/h6-7,12,15H,4-5,8H2,1-3H3. The highest BCUT2D eigenvalue weighted by molar-refractivity contribution is 5.47. The first-order valence-electron chi connectivity index (χ1n) is 6.74. The Morgan fingerprint density at radius 1 is 1.21 bits per heavy atom. The average molecular weight is 257 g/mol. The normalized spacial score (nSPS) is 19.0. The molecule has 1 atom stereocenters. The molecule has 5 heteroatoms. The number of tetrazole rings is 1. The van der Waals surface area contributed by atoms with Crippen molar-refractivity contribution in [1.82, 2.24) is 25.5 Å². The van der Waals surface area contributed by atoms with Crippen molar-refractivity contribution in [2.45, 2.75) is 33.1 Å². The van der Waals surface area contributed by atoms with Crippen molar-refractivity contribution in [1.29, 1.82) is 0 Å². The Morgan fingerprint density at radius 3 is 2.58 bits per heavy atom. The van der Waals surface area contributed by atoms with Gasteiger partial charge in [0.05, 0.1) is 5.69 Å². The Morgan fingerprint density at radius 2 is 1.95 bits per heavy atom. The van der Waals surface area contributed by atoms with Crippen LogP contribution in [-0.2, 0) is 0 Å². The van der Waals surface area contributed by atoms with Crippen LogP contribution in [0.25, 0.3) is 5.69 Å². The second-order valence-electron chi connectivity index (χ2n) is 5.37. The number of benzene rings is 1. The molecule has 1 unspecified atom stereocenters. The SMILES string of the molecule is Cc1cc(C)c(-n2nnc(C3CCNC3)n2)c(C)c1. The highest BCUT2D eigenvalue weighted by atomic mass is 15.6. The lowest BCUT2D eigenvalue weighted by Gasteiger charge is -2.09. The number of hydrogen-bond acceptors (Lipinski definition) is 4. The van der Waals surface area contributed by atoms with E-state index < -0.39 is 0 Å². The van der Waals surface area contributed by atoms with Crippen molar-refractivity contribution < 1.29 is 0 Å². The highest BCUT2D eigenvalue weighted by Crippen LogP contribution is 2.21. The zero-order valence-corrected chi connectivity index (χ0v) is 11.6. The molecule has 3 rings (SSSR count). The van der Waals surface area contributed by atoms with Crippen LogP contribution in [0.3, 0.4) is 0 Å². The van der Waals surface area contributed by atoms with E-state index in [-0.39, 0.29) is 0 Å². The van der Waals surface area contributed by atoms with E-state index in [9.17, 15) is 0 Å². The minimum atomic E-state index is 0.403. The van der Waals surface area contributed by atoms with Crippen LogP contribution in [0.4, 0.5) is 0 Å². The van der Waals surface area contributed by atoms with Gasteiger partial charge in [-0.15, -0.1) is 15.0 Å². The number of hydrogen-bond donors (Lipinski definition) is 1. The summed E-state index contributed by atoms with van der Waals surface area (Å²) in [6, 6.07) is 4.31. The maximum absolute atomic E-state index is 4.57. The van der Waals surface area contributed by atoms with Crippen LogP contribution < -0.4 is 5.32 Å². The number of aromatic nitrogens is 4. The Balaban J connectivity index is 1.98. The van der Waals surface area contributed by atoms with Gasteiger partial charge in [-0.25, -0.2) is 0 Å². The van der Waals surface area contributed by atoms with Gasteiger partial charge in [0.25, 0.3) is 0 Å². The summed E-state index contributed by atoms with van der Waals surface area (Å²) in [6.07, 6.45) is 1.09. The minimum Gasteiger partial charge on any atom is -0.316 e. The van der Waals surface area contributed by atoms with Crippen LogP contribution in [0.5, 0.6) is 0 Å². The van der Waals surface area contributed by atoms with Crippen LogP contribution in [0.15, 0.2) is 12.1 Å². The molecule has 5 nitrogen and oxygen atoms in total. The molecule has 1 aliphatic rings. The second-order valence-corrected chi connectivity index (χ2v) is 5.37. The molecule has 1 saturated heterocycles. The first-order valence-corrected chi connectivity index (χ1v) is 6.74. The molecular weight excluding hydrogens is 238 g/mol. The van der Waals surface area contributed by atoms with Gasteiger partial charge in [-0.05, 0) is 50.1 Å². The molecule has 100 valence electrons. The molecule has 1 fully saturated rings.